The van der Waals surface area contributed by atoms with E-state index in [1.807, 2.05) is 0 Å². The molecule has 0 radical (unpaired) electrons. The molecule has 5 nitrogen and oxygen atoms in total. The smallest absolute Gasteiger partial charge is 0.306 e. The van der Waals surface area contributed by atoms with Crippen molar-refractivity contribution < 1.29 is 19.4 Å². The zero-order valence-corrected chi connectivity index (χ0v) is 10.1. The quantitative estimate of drug-likeness (QED) is 0.791. The Morgan fingerprint density at radius 1 is 1.18 bits per heavy atom. The third-order valence-electron chi connectivity index (χ3n) is 3.93. The summed E-state index contributed by atoms with van der Waals surface area (Å²) in [6.45, 7) is 1.32. The van der Waals surface area contributed by atoms with Gasteiger partial charge in [0.2, 0.25) is 5.91 Å². The topological polar surface area (TPSA) is 66.8 Å². The summed E-state index contributed by atoms with van der Waals surface area (Å²) in [5.74, 6) is -0.780. The molecule has 1 aliphatic heterocycles. The minimum absolute atomic E-state index is 0.0672. The van der Waals surface area contributed by atoms with E-state index < -0.39 is 5.97 Å². The first-order valence-electron chi connectivity index (χ1n) is 6.17. The van der Waals surface area contributed by atoms with Crippen molar-refractivity contribution in [1.82, 2.24) is 4.90 Å². The van der Waals surface area contributed by atoms with Crippen molar-refractivity contribution in [2.75, 3.05) is 20.3 Å². The number of ether oxygens (including phenoxy) is 1. The van der Waals surface area contributed by atoms with Gasteiger partial charge in [0.15, 0.2) is 0 Å². The summed E-state index contributed by atoms with van der Waals surface area (Å²) >= 11 is 0. The molecule has 0 aromatic carbocycles. The molecule has 1 heterocycles. The maximum atomic E-state index is 12.1. The molecule has 2 fully saturated rings. The van der Waals surface area contributed by atoms with Crippen LogP contribution in [0.2, 0.25) is 0 Å². The fourth-order valence-electron chi connectivity index (χ4n) is 2.52. The van der Waals surface area contributed by atoms with Crippen LogP contribution in [0.25, 0.3) is 0 Å². The number of carbonyl (C=O) groups is 2. The minimum Gasteiger partial charge on any atom is -0.481 e. The summed E-state index contributed by atoms with van der Waals surface area (Å²) in [7, 11) is 1.79. The van der Waals surface area contributed by atoms with Crippen LogP contribution in [0.5, 0.6) is 0 Å². The third-order valence-corrected chi connectivity index (χ3v) is 3.93. The van der Waals surface area contributed by atoms with Crippen LogP contribution < -0.4 is 0 Å². The summed E-state index contributed by atoms with van der Waals surface area (Å²) in [4.78, 5) is 24.6. The molecular formula is C12H19NO4. The molecule has 0 atom stereocenters. The lowest BCUT2D eigenvalue weighted by Crippen LogP contribution is -2.50. The van der Waals surface area contributed by atoms with E-state index in [0.717, 1.165) is 12.8 Å². The first-order chi connectivity index (χ1) is 8.09. The Labute approximate surface area is 101 Å². The van der Waals surface area contributed by atoms with E-state index in [0.29, 0.717) is 26.1 Å². The molecule has 0 unspecified atom stereocenters. The van der Waals surface area contributed by atoms with Gasteiger partial charge in [-0.15, -0.1) is 0 Å². The number of rotatable bonds is 3. The van der Waals surface area contributed by atoms with E-state index in [2.05, 4.69) is 0 Å². The van der Waals surface area contributed by atoms with E-state index in [9.17, 15) is 9.59 Å². The number of aliphatic carboxylic acids is 1. The Hall–Kier alpha value is -1.10. The molecule has 1 saturated heterocycles. The van der Waals surface area contributed by atoms with Crippen molar-refractivity contribution in [2.45, 2.75) is 31.7 Å². The van der Waals surface area contributed by atoms with Gasteiger partial charge in [-0.2, -0.15) is 0 Å². The number of amides is 1. The average Bonchev–Trinajstić information content (AvgIpc) is 2.26. The monoisotopic (exact) mass is 241 g/mol. The maximum absolute atomic E-state index is 12.1. The van der Waals surface area contributed by atoms with Gasteiger partial charge in [-0.3, -0.25) is 9.59 Å². The van der Waals surface area contributed by atoms with Gasteiger partial charge in [-0.05, 0) is 25.7 Å². The summed E-state index contributed by atoms with van der Waals surface area (Å²) in [5, 5.41) is 8.80. The zero-order chi connectivity index (χ0) is 12.4. The van der Waals surface area contributed by atoms with Crippen LogP contribution in [0, 0.1) is 11.8 Å². The molecule has 0 aromatic rings. The molecule has 0 spiro atoms. The second-order valence-corrected chi connectivity index (χ2v) is 5.00. The van der Waals surface area contributed by atoms with Gasteiger partial charge in [-0.1, -0.05) is 0 Å². The highest BCUT2D eigenvalue weighted by molar-refractivity contribution is 5.79. The standard InChI is InChI=1S/C12H19NO4/c1-13(10-6-9(7-10)12(15)16)11(14)8-2-4-17-5-3-8/h8-10H,2-7H2,1H3,(H,15,16). The highest BCUT2D eigenvalue weighted by Crippen LogP contribution is 2.32. The molecule has 1 aliphatic carbocycles. The molecular weight excluding hydrogens is 222 g/mol. The molecule has 2 rings (SSSR count). The van der Waals surface area contributed by atoms with Crippen LogP contribution >= 0.6 is 0 Å². The second kappa shape index (κ2) is 5.04. The van der Waals surface area contributed by atoms with E-state index in [1.54, 1.807) is 11.9 Å². The summed E-state index contributed by atoms with van der Waals surface area (Å²) in [6, 6.07) is 0.117. The second-order valence-electron chi connectivity index (χ2n) is 5.00. The molecule has 1 N–H and O–H groups in total. The molecule has 1 amide bonds. The predicted molar refractivity (Wildman–Crippen MR) is 60.5 cm³/mol. The number of hydrogen-bond donors (Lipinski definition) is 1. The van der Waals surface area contributed by atoms with Crippen LogP contribution in [0.1, 0.15) is 25.7 Å². The largest absolute Gasteiger partial charge is 0.481 e. The number of carboxylic acids is 1. The Morgan fingerprint density at radius 3 is 2.29 bits per heavy atom. The molecule has 17 heavy (non-hydrogen) atoms. The van der Waals surface area contributed by atoms with E-state index in [-0.39, 0.29) is 23.8 Å². The SMILES string of the molecule is CN(C(=O)C1CCOCC1)C1CC(C(=O)O)C1. The van der Waals surface area contributed by atoms with Crippen molar-refractivity contribution in [1.29, 1.82) is 0 Å². The average molecular weight is 241 g/mol. The molecule has 5 heteroatoms. The van der Waals surface area contributed by atoms with Crippen molar-refractivity contribution in [3.8, 4) is 0 Å². The van der Waals surface area contributed by atoms with Gasteiger partial charge in [0.1, 0.15) is 0 Å². The molecule has 0 aromatic heterocycles. The lowest BCUT2D eigenvalue weighted by atomic mass is 9.79. The Balaban J connectivity index is 1.82. The van der Waals surface area contributed by atoms with Gasteiger partial charge in [0.05, 0.1) is 5.92 Å². The molecule has 1 saturated carbocycles. The van der Waals surface area contributed by atoms with Gasteiger partial charge >= 0.3 is 5.97 Å². The number of carboxylic acid groups (broad SMARTS) is 1. The normalized spacial score (nSPS) is 29.5. The number of nitrogens with zero attached hydrogens (tertiary/aromatic N) is 1. The first-order valence-corrected chi connectivity index (χ1v) is 6.17. The highest BCUT2D eigenvalue weighted by atomic mass is 16.5. The van der Waals surface area contributed by atoms with Crippen molar-refractivity contribution in [2.24, 2.45) is 11.8 Å². The lowest BCUT2D eigenvalue weighted by molar-refractivity contribution is -0.152. The molecule has 2 aliphatic rings. The van der Waals surface area contributed by atoms with Crippen molar-refractivity contribution >= 4 is 11.9 Å². The summed E-state index contributed by atoms with van der Waals surface area (Å²) in [6.07, 6.45) is 2.78. The van der Waals surface area contributed by atoms with E-state index in [1.165, 1.54) is 0 Å². The van der Waals surface area contributed by atoms with Gasteiger partial charge < -0.3 is 14.7 Å². The van der Waals surface area contributed by atoms with Gasteiger partial charge in [0, 0.05) is 32.2 Å². The first kappa shape index (κ1) is 12.4. The predicted octanol–water partition coefficient (Wildman–Crippen LogP) is 0.735. The van der Waals surface area contributed by atoms with Crippen LogP contribution in [0.15, 0.2) is 0 Å². The fourth-order valence-corrected chi connectivity index (χ4v) is 2.52. The third kappa shape index (κ3) is 2.60. The van der Waals surface area contributed by atoms with Crippen molar-refractivity contribution in [3.63, 3.8) is 0 Å². The molecule has 0 bridgehead atoms. The van der Waals surface area contributed by atoms with Gasteiger partial charge in [-0.25, -0.2) is 0 Å². The van der Waals surface area contributed by atoms with E-state index >= 15 is 0 Å². The zero-order valence-electron chi connectivity index (χ0n) is 10.1. The number of carbonyl (C=O) groups excluding carboxylic acids is 1. The fraction of sp³-hybridized carbons (Fsp3) is 0.833. The van der Waals surface area contributed by atoms with Crippen molar-refractivity contribution in [3.05, 3.63) is 0 Å². The van der Waals surface area contributed by atoms with Crippen LogP contribution in [0.4, 0.5) is 0 Å². The lowest BCUT2D eigenvalue weighted by Gasteiger charge is -2.40. The van der Waals surface area contributed by atoms with E-state index in [4.69, 9.17) is 9.84 Å². The summed E-state index contributed by atoms with van der Waals surface area (Å²) in [5.41, 5.74) is 0. The Morgan fingerprint density at radius 2 is 1.76 bits per heavy atom. The number of hydrogen-bond acceptors (Lipinski definition) is 3. The maximum Gasteiger partial charge on any atom is 0.306 e. The van der Waals surface area contributed by atoms with Crippen LogP contribution in [0.3, 0.4) is 0 Å². The van der Waals surface area contributed by atoms with Gasteiger partial charge in [0.25, 0.3) is 0 Å². The Kier molecular flexibility index (Phi) is 3.66. The molecule has 96 valence electrons. The minimum atomic E-state index is -0.742. The van der Waals surface area contributed by atoms with Crippen LogP contribution in [-0.2, 0) is 14.3 Å². The Bertz CT molecular complexity index is 306. The van der Waals surface area contributed by atoms with Crippen LogP contribution in [-0.4, -0.2) is 48.2 Å². The highest BCUT2D eigenvalue weighted by Gasteiger charge is 2.39. The summed E-state index contributed by atoms with van der Waals surface area (Å²) < 4.78 is 5.23.